The van der Waals surface area contributed by atoms with Crippen molar-refractivity contribution < 1.29 is 4.74 Å². The van der Waals surface area contributed by atoms with Gasteiger partial charge in [0.2, 0.25) is 0 Å². The molecule has 160 valence electrons. The topological polar surface area (TPSA) is 9.23 Å². The van der Waals surface area contributed by atoms with Crippen LogP contribution in [0, 0.1) is 0 Å². The summed E-state index contributed by atoms with van der Waals surface area (Å²) in [5.74, 6) is 0. The Balaban J connectivity index is 1.51. The Labute approximate surface area is 179 Å². The van der Waals surface area contributed by atoms with E-state index in [-0.39, 0.29) is 10.8 Å². The van der Waals surface area contributed by atoms with Crippen LogP contribution in [0.25, 0.3) is 0 Å². The number of unbranched alkanes of at least 4 members (excludes halogenated alkanes) is 2. The zero-order chi connectivity index (χ0) is 21.3. The highest BCUT2D eigenvalue weighted by molar-refractivity contribution is 5.28. The molecule has 0 spiro atoms. The molecular weight excluding hydrogens is 352 g/mol. The molecule has 0 amide bonds. The lowest BCUT2D eigenvalue weighted by Gasteiger charge is -2.19. The average molecular weight is 395 g/mol. The van der Waals surface area contributed by atoms with E-state index in [2.05, 4.69) is 90.1 Å². The Morgan fingerprint density at radius 2 is 0.862 bits per heavy atom. The third-order valence-electron chi connectivity index (χ3n) is 5.65. The third kappa shape index (κ3) is 8.74. The van der Waals surface area contributed by atoms with Crippen molar-refractivity contribution in [3.63, 3.8) is 0 Å². The van der Waals surface area contributed by atoms with Gasteiger partial charge in [0.05, 0.1) is 0 Å². The summed E-state index contributed by atoms with van der Waals surface area (Å²) in [6.45, 7) is 15.4. The minimum Gasteiger partial charge on any atom is -0.381 e. The van der Waals surface area contributed by atoms with Crippen molar-refractivity contribution >= 4 is 0 Å². The monoisotopic (exact) mass is 394 g/mol. The van der Waals surface area contributed by atoms with E-state index in [9.17, 15) is 0 Å². The average Bonchev–Trinajstić information content (AvgIpc) is 2.66. The fourth-order valence-corrected chi connectivity index (χ4v) is 3.51. The minimum atomic E-state index is 0.238. The highest BCUT2D eigenvalue weighted by Crippen LogP contribution is 2.23. The second-order valence-electron chi connectivity index (χ2n) is 10.4. The van der Waals surface area contributed by atoms with Crippen molar-refractivity contribution in [2.24, 2.45) is 0 Å². The van der Waals surface area contributed by atoms with E-state index in [1.165, 1.54) is 35.1 Å². The highest BCUT2D eigenvalue weighted by atomic mass is 16.5. The molecule has 0 saturated heterocycles. The van der Waals surface area contributed by atoms with Crippen molar-refractivity contribution in [2.45, 2.75) is 90.9 Å². The Morgan fingerprint density at radius 1 is 0.517 bits per heavy atom. The minimum absolute atomic E-state index is 0.238. The SMILES string of the molecule is CC(C)(C)c1ccc(CCCCOCCCCc2ccc(C(C)(C)C)cc2)cc1. The van der Waals surface area contributed by atoms with E-state index in [0.29, 0.717) is 0 Å². The lowest BCUT2D eigenvalue weighted by atomic mass is 9.86. The van der Waals surface area contributed by atoms with Crippen LogP contribution in [0.3, 0.4) is 0 Å². The van der Waals surface area contributed by atoms with Gasteiger partial charge in [-0.05, 0) is 71.6 Å². The van der Waals surface area contributed by atoms with E-state index in [1.54, 1.807) is 0 Å². The standard InChI is InChI=1S/C28H42O/c1-27(2,3)25-17-13-23(14-18-25)11-7-9-21-29-22-10-8-12-24-15-19-26(20-16-24)28(4,5)6/h13-20H,7-12,21-22H2,1-6H3. The van der Waals surface area contributed by atoms with Gasteiger partial charge in [0.1, 0.15) is 0 Å². The number of benzene rings is 2. The van der Waals surface area contributed by atoms with Crippen LogP contribution < -0.4 is 0 Å². The zero-order valence-electron chi connectivity index (χ0n) is 19.7. The van der Waals surface area contributed by atoms with Crippen molar-refractivity contribution in [3.8, 4) is 0 Å². The van der Waals surface area contributed by atoms with Crippen LogP contribution in [0.15, 0.2) is 48.5 Å². The molecule has 0 unspecified atom stereocenters. The van der Waals surface area contributed by atoms with Crippen LogP contribution in [-0.2, 0) is 28.4 Å². The summed E-state index contributed by atoms with van der Waals surface area (Å²) < 4.78 is 5.84. The molecule has 0 aliphatic heterocycles. The molecule has 2 rings (SSSR count). The predicted octanol–water partition coefficient (Wildman–Crippen LogP) is 7.64. The molecule has 2 aromatic rings. The summed E-state index contributed by atoms with van der Waals surface area (Å²) in [7, 11) is 0. The molecule has 1 heteroatoms. The summed E-state index contributed by atoms with van der Waals surface area (Å²) in [5.41, 5.74) is 6.18. The van der Waals surface area contributed by atoms with Crippen LogP contribution in [0.2, 0.25) is 0 Å². The van der Waals surface area contributed by atoms with Gasteiger partial charge >= 0.3 is 0 Å². The maximum atomic E-state index is 5.84. The van der Waals surface area contributed by atoms with Crippen molar-refractivity contribution in [2.75, 3.05) is 13.2 Å². The molecule has 0 bridgehead atoms. The molecule has 0 aliphatic carbocycles. The molecule has 0 N–H and O–H groups in total. The third-order valence-corrected chi connectivity index (χ3v) is 5.65. The maximum Gasteiger partial charge on any atom is 0.0466 e. The van der Waals surface area contributed by atoms with Crippen LogP contribution in [0.5, 0.6) is 0 Å². The fourth-order valence-electron chi connectivity index (χ4n) is 3.51. The first-order chi connectivity index (χ1) is 13.7. The van der Waals surface area contributed by atoms with Crippen LogP contribution >= 0.6 is 0 Å². The van der Waals surface area contributed by atoms with Gasteiger partial charge in [0.15, 0.2) is 0 Å². The smallest absolute Gasteiger partial charge is 0.0466 e. The van der Waals surface area contributed by atoms with E-state index in [0.717, 1.165) is 38.9 Å². The van der Waals surface area contributed by atoms with Crippen LogP contribution in [0.4, 0.5) is 0 Å². The molecule has 2 aromatic carbocycles. The first kappa shape index (κ1) is 23.7. The first-order valence-electron chi connectivity index (χ1n) is 11.4. The molecule has 0 atom stereocenters. The van der Waals surface area contributed by atoms with Gasteiger partial charge in [0, 0.05) is 13.2 Å². The summed E-state index contributed by atoms with van der Waals surface area (Å²) in [6.07, 6.45) is 7.01. The van der Waals surface area contributed by atoms with Gasteiger partial charge in [0.25, 0.3) is 0 Å². The predicted molar refractivity (Wildman–Crippen MR) is 127 cm³/mol. The normalized spacial score (nSPS) is 12.3. The highest BCUT2D eigenvalue weighted by Gasteiger charge is 2.13. The molecule has 1 nitrogen and oxygen atoms in total. The van der Waals surface area contributed by atoms with Crippen LogP contribution in [-0.4, -0.2) is 13.2 Å². The Bertz CT molecular complexity index is 632. The van der Waals surface area contributed by atoms with Crippen molar-refractivity contribution in [1.82, 2.24) is 0 Å². The summed E-state index contributed by atoms with van der Waals surface area (Å²) in [4.78, 5) is 0. The molecule has 0 heterocycles. The van der Waals surface area contributed by atoms with Gasteiger partial charge in [-0.3, -0.25) is 0 Å². The molecular formula is C28H42O. The molecule has 0 fully saturated rings. The molecule has 0 radical (unpaired) electrons. The second kappa shape index (κ2) is 11.0. The fraction of sp³-hybridized carbons (Fsp3) is 0.571. The van der Waals surface area contributed by atoms with Gasteiger partial charge in [-0.1, -0.05) is 90.1 Å². The van der Waals surface area contributed by atoms with Crippen molar-refractivity contribution in [3.05, 3.63) is 70.8 Å². The summed E-state index contributed by atoms with van der Waals surface area (Å²) >= 11 is 0. The van der Waals surface area contributed by atoms with Crippen molar-refractivity contribution in [1.29, 1.82) is 0 Å². The van der Waals surface area contributed by atoms with E-state index in [1.807, 2.05) is 0 Å². The largest absolute Gasteiger partial charge is 0.381 e. The second-order valence-corrected chi connectivity index (χ2v) is 10.4. The Morgan fingerprint density at radius 3 is 1.17 bits per heavy atom. The quantitative estimate of drug-likeness (QED) is 0.376. The van der Waals surface area contributed by atoms with Gasteiger partial charge in [-0.25, -0.2) is 0 Å². The molecule has 0 aromatic heterocycles. The zero-order valence-corrected chi connectivity index (χ0v) is 19.7. The lowest BCUT2D eigenvalue weighted by molar-refractivity contribution is 0.127. The van der Waals surface area contributed by atoms with E-state index < -0.39 is 0 Å². The Hall–Kier alpha value is -1.60. The van der Waals surface area contributed by atoms with Gasteiger partial charge < -0.3 is 4.74 Å². The number of ether oxygens (including phenoxy) is 1. The number of rotatable bonds is 10. The maximum absolute atomic E-state index is 5.84. The van der Waals surface area contributed by atoms with Gasteiger partial charge in [-0.2, -0.15) is 0 Å². The van der Waals surface area contributed by atoms with E-state index >= 15 is 0 Å². The Kier molecular flexibility index (Phi) is 8.96. The first-order valence-corrected chi connectivity index (χ1v) is 11.4. The number of hydrogen-bond acceptors (Lipinski definition) is 1. The number of hydrogen-bond donors (Lipinski definition) is 0. The van der Waals surface area contributed by atoms with Crippen LogP contribution in [0.1, 0.15) is 89.5 Å². The number of aryl methyl sites for hydroxylation is 2. The molecule has 0 saturated carbocycles. The molecule has 0 aliphatic rings. The summed E-state index contributed by atoms with van der Waals surface area (Å²) in [6, 6.07) is 18.3. The van der Waals surface area contributed by atoms with Gasteiger partial charge in [-0.15, -0.1) is 0 Å². The van der Waals surface area contributed by atoms with E-state index in [4.69, 9.17) is 4.74 Å². The summed E-state index contributed by atoms with van der Waals surface area (Å²) in [5, 5.41) is 0. The lowest BCUT2D eigenvalue weighted by Crippen LogP contribution is -2.10. The molecule has 29 heavy (non-hydrogen) atoms.